The number of aromatic amines is 1. The Bertz CT molecular complexity index is 941. The number of hydrogen-bond donors (Lipinski definition) is 3. The number of fused-ring (bicyclic) bond motifs is 1. The summed E-state index contributed by atoms with van der Waals surface area (Å²) in [6.07, 6.45) is 3.52. The van der Waals surface area contributed by atoms with Crippen LogP contribution in [0.4, 0.5) is 0 Å². The maximum Gasteiger partial charge on any atom is 0.281 e. The van der Waals surface area contributed by atoms with Gasteiger partial charge in [0.1, 0.15) is 11.2 Å². The third-order valence-electron chi connectivity index (χ3n) is 4.20. The van der Waals surface area contributed by atoms with Crippen LogP contribution in [0, 0.1) is 0 Å². The van der Waals surface area contributed by atoms with E-state index in [2.05, 4.69) is 28.0 Å². The predicted molar refractivity (Wildman–Crippen MR) is 98.5 cm³/mol. The van der Waals surface area contributed by atoms with Crippen LogP contribution in [0.3, 0.4) is 0 Å². The van der Waals surface area contributed by atoms with Crippen molar-refractivity contribution < 1.29 is 4.79 Å². The average molecular weight is 338 g/mol. The molecule has 0 saturated carbocycles. The largest absolute Gasteiger partial charge is 0.346 e. The highest BCUT2D eigenvalue weighted by atomic mass is 16.2. The van der Waals surface area contributed by atoms with Gasteiger partial charge >= 0.3 is 0 Å². The minimum atomic E-state index is -0.283. The van der Waals surface area contributed by atoms with Crippen LogP contribution in [0.2, 0.25) is 0 Å². The second-order valence-corrected chi connectivity index (χ2v) is 6.01. The Kier molecular flexibility index (Phi) is 5.00. The van der Waals surface area contributed by atoms with Crippen molar-refractivity contribution in [3.8, 4) is 0 Å². The summed E-state index contributed by atoms with van der Waals surface area (Å²) in [5.74, 6) is -0.283. The normalized spacial score (nSPS) is 11.0. The van der Waals surface area contributed by atoms with Crippen LogP contribution >= 0.6 is 0 Å². The molecular weight excluding hydrogens is 316 g/mol. The molecule has 0 saturated heterocycles. The Morgan fingerprint density at radius 1 is 1.20 bits per heavy atom. The minimum absolute atomic E-state index is 0.138. The molecule has 0 aliphatic heterocycles. The van der Waals surface area contributed by atoms with Gasteiger partial charge in [-0.3, -0.25) is 15.0 Å². The van der Waals surface area contributed by atoms with Gasteiger partial charge in [0.15, 0.2) is 0 Å². The topological polar surface area (TPSA) is 78.9 Å². The maximum atomic E-state index is 12.4. The first-order valence-electron chi connectivity index (χ1n) is 8.38. The van der Waals surface area contributed by atoms with Crippen LogP contribution in [0.15, 0.2) is 47.4 Å². The standard InChI is InChI=1S/C19H22N4O2/c1-3-20-22-18(24)16-11-15-14(10-9-13-7-5-4-6-8-13)12-23(2)19(25)17(15)21-16/h4-8,11-12,20-21H,3,9-10H2,1-2H3,(H,22,24). The zero-order valence-corrected chi connectivity index (χ0v) is 14.4. The summed E-state index contributed by atoms with van der Waals surface area (Å²) >= 11 is 0. The molecule has 130 valence electrons. The Labute approximate surface area is 145 Å². The first-order chi connectivity index (χ1) is 12.1. The molecule has 2 aromatic heterocycles. The van der Waals surface area contributed by atoms with Crippen molar-refractivity contribution in [2.45, 2.75) is 19.8 Å². The summed E-state index contributed by atoms with van der Waals surface area (Å²) < 4.78 is 1.56. The van der Waals surface area contributed by atoms with Crippen molar-refractivity contribution in [2.24, 2.45) is 7.05 Å². The molecular formula is C19H22N4O2. The van der Waals surface area contributed by atoms with Crippen molar-refractivity contribution in [1.29, 1.82) is 0 Å². The SMILES string of the molecule is CCNNC(=O)c1cc2c(CCc3ccccc3)cn(C)c(=O)c2[nH]1. The second kappa shape index (κ2) is 7.36. The van der Waals surface area contributed by atoms with E-state index in [9.17, 15) is 9.59 Å². The lowest BCUT2D eigenvalue weighted by atomic mass is 10.0. The maximum absolute atomic E-state index is 12.4. The van der Waals surface area contributed by atoms with Gasteiger partial charge in [-0.05, 0) is 30.0 Å². The second-order valence-electron chi connectivity index (χ2n) is 6.01. The first-order valence-corrected chi connectivity index (χ1v) is 8.38. The first kappa shape index (κ1) is 17.0. The molecule has 2 heterocycles. The van der Waals surface area contributed by atoms with E-state index in [1.54, 1.807) is 17.7 Å². The molecule has 6 nitrogen and oxygen atoms in total. The molecule has 3 rings (SSSR count). The van der Waals surface area contributed by atoms with Crippen LogP contribution in [-0.2, 0) is 19.9 Å². The van der Waals surface area contributed by atoms with Crippen molar-refractivity contribution in [1.82, 2.24) is 20.4 Å². The molecule has 0 radical (unpaired) electrons. The molecule has 3 aromatic rings. The van der Waals surface area contributed by atoms with Gasteiger partial charge in [-0.2, -0.15) is 0 Å². The number of hydrazine groups is 1. The number of aromatic nitrogens is 2. The predicted octanol–water partition coefficient (Wildman–Crippen LogP) is 1.91. The highest BCUT2D eigenvalue weighted by Crippen LogP contribution is 2.19. The van der Waals surface area contributed by atoms with E-state index in [-0.39, 0.29) is 11.5 Å². The summed E-state index contributed by atoms with van der Waals surface area (Å²) in [6, 6.07) is 12.0. The fourth-order valence-corrected chi connectivity index (χ4v) is 2.90. The number of amides is 1. The number of carbonyl (C=O) groups excluding carboxylic acids is 1. The molecule has 1 aromatic carbocycles. The van der Waals surface area contributed by atoms with E-state index in [1.165, 1.54) is 5.56 Å². The van der Waals surface area contributed by atoms with Crippen molar-refractivity contribution in [3.63, 3.8) is 0 Å². The number of benzene rings is 1. The number of nitrogens with one attached hydrogen (secondary N) is 3. The highest BCUT2D eigenvalue weighted by molar-refractivity contribution is 5.98. The molecule has 1 amide bonds. The molecule has 6 heteroatoms. The number of carbonyl (C=O) groups is 1. The van der Waals surface area contributed by atoms with E-state index in [0.29, 0.717) is 17.8 Å². The van der Waals surface area contributed by atoms with Crippen LogP contribution in [0.1, 0.15) is 28.5 Å². The molecule has 3 N–H and O–H groups in total. The lowest BCUT2D eigenvalue weighted by Gasteiger charge is -2.06. The van der Waals surface area contributed by atoms with E-state index in [1.807, 2.05) is 31.3 Å². The van der Waals surface area contributed by atoms with Gasteiger partial charge in [-0.15, -0.1) is 0 Å². The zero-order chi connectivity index (χ0) is 17.8. The monoisotopic (exact) mass is 338 g/mol. The van der Waals surface area contributed by atoms with Gasteiger partial charge in [0.25, 0.3) is 11.5 Å². The minimum Gasteiger partial charge on any atom is -0.346 e. The van der Waals surface area contributed by atoms with Gasteiger partial charge in [-0.25, -0.2) is 5.43 Å². The van der Waals surface area contributed by atoms with Crippen molar-refractivity contribution in [2.75, 3.05) is 6.54 Å². The smallest absolute Gasteiger partial charge is 0.281 e. The highest BCUT2D eigenvalue weighted by Gasteiger charge is 2.15. The molecule has 0 fully saturated rings. The number of hydrogen-bond acceptors (Lipinski definition) is 3. The van der Waals surface area contributed by atoms with Crippen LogP contribution in [0.5, 0.6) is 0 Å². The van der Waals surface area contributed by atoms with Crippen LogP contribution in [-0.4, -0.2) is 22.0 Å². The van der Waals surface area contributed by atoms with Gasteiger partial charge in [0.05, 0.1) is 0 Å². The third kappa shape index (κ3) is 3.64. The molecule has 25 heavy (non-hydrogen) atoms. The van der Waals surface area contributed by atoms with E-state index < -0.39 is 0 Å². The molecule has 0 bridgehead atoms. The number of H-pyrrole nitrogens is 1. The number of rotatable bonds is 6. The fraction of sp³-hybridized carbons (Fsp3) is 0.263. The fourth-order valence-electron chi connectivity index (χ4n) is 2.90. The Morgan fingerprint density at radius 2 is 1.96 bits per heavy atom. The third-order valence-corrected chi connectivity index (χ3v) is 4.20. The van der Waals surface area contributed by atoms with Crippen LogP contribution in [0.25, 0.3) is 10.9 Å². The Morgan fingerprint density at radius 3 is 2.68 bits per heavy atom. The lowest BCUT2D eigenvalue weighted by Crippen LogP contribution is -2.37. The summed E-state index contributed by atoms with van der Waals surface area (Å²) in [7, 11) is 1.73. The van der Waals surface area contributed by atoms with E-state index in [0.717, 1.165) is 23.8 Å². The van der Waals surface area contributed by atoms with Gasteiger partial charge in [0, 0.05) is 25.2 Å². The number of aryl methyl sites for hydroxylation is 3. The Balaban J connectivity index is 1.94. The molecule has 0 unspecified atom stereocenters. The summed E-state index contributed by atoms with van der Waals surface area (Å²) in [5.41, 5.74) is 8.35. The lowest BCUT2D eigenvalue weighted by molar-refractivity contribution is 0.0930. The van der Waals surface area contributed by atoms with Gasteiger partial charge in [-0.1, -0.05) is 37.3 Å². The van der Waals surface area contributed by atoms with Crippen molar-refractivity contribution in [3.05, 3.63) is 69.8 Å². The number of nitrogens with zero attached hydrogens (tertiary/aromatic N) is 1. The van der Waals surface area contributed by atoms with E-state index >= 15 is 0 Å². The van der Waals surface area contributed by atoms with Gasteiger partial charge < -0.3 is 9.55 Å². The van der Waals surface area contributed by atoms with E-state index in [4.69, 9.17) is 0 Å². The summed E-state index contributed by atoms with van der Waals surface area (Å²) in [4.78, 5) is 27.5. The molecule has 0 spiro atoms. The molecule has 0 aliphatic carbocycles. The zero-order valence-electron chi connectivity index (χ0n) is 14.4. The van der Waals surface area contributed by atoms with Gasteiger partial charge in [0.2, 0.25) is 0 Å². The average Bonchev–Trinajstić information content (AvgIpc) is 3.08. The Hall–Kier alpha value is -2.86. The molecule has 0 atom stereocenters. The molecule has 0 aliphatic rings. The summed E-state index contributed by atoms with van der Waals surface area (Å²) in [5, 5.41) is 0.806. The summed E-state index contributed by atoms with van der Waals surface area (Å²) in [6.45, 7) is 2.51. The van der Waals surface area contributed by atoms with Crippen LogP contribution < -0.4 is 16.4 Å². The number of pyridine rings is 1. The quantitative estimate of drug-likeness (QED) is 0.601. The van der Waals surface area contributed by atoms with Crippen molar-refractivity contribution >= 4 is 16.8 Å².